The molecule has 1 N–H and O–H groups in total. The van der Waals surface area contributed by atoms with Crippen molar-refractivity contribution in [1.82, 2.24) is 20.4 Å². The van der Waals surface area contributed by atoms with E-state index in [1.54, 1.807) is 0 Å². The van der Waals surface area contributed by atoms with E-state index in [1.165, 1.54) is 24.8 Å². The number of fused-ring (bicyclic) bond motifs is 1. The maximum absolute atomic E-state index is 12.2. The molecule has 132 valence electrons. The number of pyridine rings is 1. The molecule has 2 heterocycles. The predicted molar refractivity (Wildman–Crippen MR) is 93.0 cm³/mol. The third-order valence-corrected chi connectivity index (χ3v) is 5.17. The van der Waals surface area contributed by atoms with Crippen LogP contribution >= 0.6 is 0 Å². The van der Waals surface area contributed by atoms with Crippen molar-refractivity contribution in [3.8, 4) is 11.5 Å². The molecular formula is C19H24N4O2. The molecule has 1 fully saturated rings. The molecule has 0 aliphatic heterocycles. The maximum Gasteiger partial charge on any atom is 0.258 e. The van der Waals surface area contributed by atoms with E-state index in [2.05, 4.69) is 20.4 Å². The summed E-state index contributed by atoms with van der Waals surface area (Å²) in [6.07, 6.45) is 9.07. The lowest BCUT2D eigenvalue weighted by molar-refractivity contribution is -0.121. The Labute approximate surface area is 147 Å². The molecule has 2 aromatic heterocycles. The Morgan fingerprint density at radius 1 is 1.20 bits per heavy atom. The van der Waals surface area contributed by atoms with Crippen molar-refractivity contribution in [2.45, 2.75) is 70.8 Å². The molecule has 0 atom stereocenters. The summed E-state index contributed by atoms with van der Waals surface area (Å²) >= 11 is 0. The zero-order chi connectivity index (χ0) is 17.2. The highest BCUT2D eigenvalue weighted by atomic mass is 16.5. The largest absolute Gasteiger partial charge is 0.353 e. The van der Waals surface area contributed by atoms with E-state index in [0.717, 1.165) is 49.1 Å². The minimum atomic E-state index is -0.0211. The predicted octanol–water partition coefficient (Wildman–Crippen LogP) is 2.92. The molecule has 6 nitrogen and oxygen atoms in total. The van der Waals surface area contributed by atoms with E-state index in [1.807, 2.05) is 13.0 Å². The number of aromatic nitrogens is 3. The van der Waals surface area contributed by atoms with Crippen LogP contribution in [0.15, 0.2) is 10.6 Å². The zero-order valence-corrected chi connectivity index (χ0v) is 14.7. The molecule has 0 unspecified atom stereocenters. The molecule has 0 spiro atoms. The second-order valence-corrected chi connectivity index (χ2v) is 7.18. The molecule has 25 heavy (non-hydrogen) atoms. The van der Waals surface area contributed by atoms with E-state index < -0.39 is 0 Å². The summed E-state index contributed by atoms with van der Waals surface area (Å²) in [5, 5.41) is 7.08. The number of hydrogen-bond acceptors (Lipinski definition) is 5. The molecule has 2 aliphatic rings. The summed E-state index contributed by atoms with van der Waals surface area (Å²) in [6.45, 7) is 1.99. The molecule has 0 aromatic carbocycles. The van der Waals surface area contributed by atoms with Gasteiger partial charge in [0, 0.05) is 23.0 Å². The number of amides is 1. The Kier molecular flexibility index (Phi) is 4.51. The lowest BCUT2D eigenvalue weighted by Crippen LogP contribution is -2.33. The number of aryl methyl sites for hydroxylation is 2. The first-order valence-electron chi connectivity index (χ1n) is 9.31. The summed E-state index contributed by atoms with van der Waals surface area (Å²) in [4.78, 5) is 21.3. The number of nitrogens with zero attached hydrogens (tertiary/aromatic N) is 3. The topological polar surface area (TPSA) is 80.9 Å². The summed E-state index contributed by atoms with van der Waals surface area (Å²) in [5.41, 5.74) is 4.33. The van der Waals surface area contributed by atoms with Crippen LogP contribution in [0.2, 0.25) is 0 Å². The van der Waals surface area contributed by atoms with Crippen LogP contribution in [0.5, 0.6) is 0 Å². The smallest absolute Gasteiger partial charge is 0.258 e. The van der Waals surface area contributed by atoms with Crippen molar-refractivity contribution in [2.24, 2.45) is 0 Å². The van der Waals surface area contributed by atoms with Crippen molar-refractivity contribution in [3.05, 3.63) is 28.8 Å². The average Bonchev–Trinajstić information content (AvgIpc) is 3.26. The van der Waals surface area contributed by atoms with Gasteiger partial charge in [-0.25, -0.2) is 0 Å². The van der Waals surface area contributed by atoms with Crippen molar-refractivity contribution in [2.75, 3.05) is 0 Å². The molecule has 2 aromatic rings. The highest BCUT2D eigenvalue weighted by Crippen LogP contribution is 2.30. The van der Waals surface area contributed by atoms with Gasteiger partial charge in [-0.15, -0.1) is 0 Å². The number of carbonyl (C=O) groups is 1. The van der Waals surface area contributed by atoms with Gasteiger partial charge in [0.15, 0.2) is 5.82 Å². The molecule has 6 heteroatoms. The first-order valence-corrected chi connectivity index (χ1v) is 9.31. The fraction of sp³-hybridized carbons (Fsp3) is 0.579. The van der Waals surface area contributed by atoms with Crippen molar-refractivity contribution in [3.63, 3.8) is 0 Å². The molecular weight excluding hydrogens is 316 g/mol. The van der Waals surface area contributed by atoms with Crippen LogP contribution in [0.3, 0.4) is 0 Å². The van der Waals surface area contributed by atoms with Crippen LogP contribution < -0.4 is 5.32 Å². The van der Waals surface area contributed by atoms with Crippen LogP contribution in [-0.4, -0.2) is 27.1 Å². The number of hydrogen-bond donors (Lipinski definition) is 1. The molecule has 2 aliphatic carbocycles. The van der Waals surface area contributed by atoms with E-state index in [0.29, 0.717) is 17.8 Å². The van der Waals surface area contributed by atoms with Crippen LogP contribution in [0.1, 0.15) is 61.3 Å². The second kappa shape index (κ2) is 6.94. The number of rotatable bonds is 4. The molecule has 0 bridgehead atoms. The molecule has 4 rings (SSSR count). The minimum Gasteiger partial charge on any atom is -0.353 e. The number of carbonyl (C=O) groups excluding carboxylic acids is 1. The van der Waals surface area contributed by atoms with E-state index >= 15 is 0 Å². The summed E-state index contributed by atoms with van der Waals surface area (Å²) < 4.78 is 5.47. The Bertz CT molecular complexity index is 778. The third kappa shape index (κ3) is 3.57. The van der Waals surface area contributed by atoms with Gasteiger partial charge in [-0.2, -0.15) is 4.98 Å². The summed E-state index contributed by atoms with van der Waals surface area (Å²) in [5.74, 6) is 0.934. The lowest BCUT2D eigenvalue weighted by atomic mass is 9.91. The Hall–Kier alpha value is -2.24. The lowest BCUT2D eigenvalue weighted by Gasteiger charge is -2.17. The van der Waals surface area contributed by atoms with Crippen LogP contribution in [0.4, 0.5) is 0 Å². The maximum atomic E-state index is 12.2. The highest BCUT2D eigenvalue weighted by Gasteiger charge is 2.22. The molecule has 1 saturated carbocycles. The normalized spacial score (nSPS) is 17.5. The van der Waals surface area contributed by atoms with Gasteiger partial charge >= 0.3 is 0 Å². The van der Waals surface area contributed by atoms with E-state index in [-0.39, 0.29) is 12.3 Å². The fourth-order valence-electron chi connectivity index (χ4n) is 3.96. The van der Waals surface area contributed by atoms with Crippen molar-refractivity contribution >= 4 is 5.91 Å². The van der Waals surface area contributed by atoms with Crippen molar-refractivity contribution in [1.29, 1.82) is 0 Å². The van der Waals surface area contributed by atoms with E-state index in [9.17, 15) is 4.79 Å². The standard InChI is InChI=1S/C19H24N4O2/c1-12-10-15(14-8-4-5-9-16(14)20-12)19-22-17(23-25-19)11-18(24)21-13-6-2-3-7-13/h10,13H,2-9,11H2,1H3,(H,21,24). The average molecular weight is 340 g/mol. The molecule has 0 radical (unpaired) electrons. The Morgan fingerprint density at radius 2 is 2.00 bits per heavy atom. The SMILES string of the molecule is Cc1cc(-c2nc(CC(=O)NC3CCCC3)no2)c2c(n1)CCCC2. The summed E-state index contributed by atoms with van der Waals surface area (Å²) in [6, 6.07) is 2.33. The van der Waals surface area contributed by atoms with E-state index in [4.69, 9.17) is 4.52 Å². The minimum absolute atomic E-state index is 0.0211. The van der Waals surface area contributed by atoms with Gasteiger partial charge in [-0.1, -0.05) is 18.0 Å². The fourth-order valence-corrected chi connectivity index (χ4v) is 3.96. The van der Waals surface area contributed by atoms with Gasteiger partial charge < -0.3 is 9.84 Å². The van der Waals surface area contributed by atoms with Crippen molar-refractivity contribution < 1.29 is 9.32 Å². The van der Waals surface area contributed by atoms with Gasteiger partial charge in [0.25, 0.3) is 5.89 Å². The van der Waals surface area contributed by atoms with Gasteiger partial charge in [0.2, 0.25) is 5.91 Å². The van der Waals surface area contributed by atoms with Crippen LogP contribution in [0, 0.1) is 6.92 Å². The Morgan fingerprint density at radius 3 is 2.84 bits per heavy atom. The second-order valence-electron chi connectivity index (χ2n) is 7.18. The highest BCUT2D eigenvalue weighted by molar-refractivity contribution is 5.78. The molecule has 1 amide bonds. The number of nitrogens with one attached hydrogen (secondary N) is 1. The van der Waals surface area contributed by atoms with Gasteiger partial charge in [0.1, 0.15) is 0 Å². The summed E-state index contributed by atoms with van der Waals surface area (Å²) in [7, 11) is 0. The first-order chi connectivity index (χ1) is 12.2. The quantitative estimate of drug-likeness (QED) is 0.925. The van der Waals surface area contributed by atoms with Crippen LogP contribution in [0.25, 0.3) is 11.5 Å². The first kappa shape index (κ1) is 16.2. The Balaban J connectivity index is 1.51. The van der Waals surface area contributed by atoms with Gasteiger partial charge in [0.05, 0.1) is 6.42 Å². The van der Waals surface area contributed by atoms with Gasteiger partial charge in [-0.3, -0.25) is 9.78 Å². The zero-order valence-electron chi connectivity index (χ0n) is 14.7. The third-order valence-electron chi connectivity index (χ3n) is 5.17. The monoisotopic (exact) mass is 340 g/mol. The molecule has 0 saturated heterocycles. The van der Waals surface area contributed by atoms with Gasteiger partial charge in [-0.05, 0) is 57.1 Å². The van der Waals surface area contributed by atoms with Crippen LogP contribution in [-0.2, 0) is 24.1 Å².